The molecule has 1 aliphatic heterocycles. The van der Waals surface area contributed by atoms with Crippen molar-refractivity contribution in [1.29, 1.82) is 0 Å². The summed E-state index contributed by atoms with van der Waals surface area (Å²) < 4.78 is 6.17. The molecule has 0 amide bonds. The number of ether oxygens (including phenoxy) is 1. The molecule has 172 valence electrons. The van der Waals surface area contributed by atoms with Crippen LogP contribution in [0.1, 0.15) is 54.9 Å². The number of benzene rings is 2. The second-order valence-electron chi connectivity index (χ2n) is 8.03. The van der Waals surface area contributed by atoms with Crippen LogP contribution >= 0.6 is 11.6 Å². The van der Waals surface area contributed by atoms with Gasteiger partial charge in [-0.2, -0.15) is 0 Å². The molecule has 1 aromatic heterocycles. The Labute approximate surface area is 201 Å². The lowest BCUT2D eigenvalue weighted by molar-refractivity contribution is 0.0244. The molecule has 0 spiro atoms. The summed E-state index contributed by atoms with van der Waals surface area (Å²) in [4.78, 5) is 22.1. The van der Waals surface area contributed by atoms with E-state index < -0.39 is 11.6 Å². The Morgan fingerprint density at radius 3 is 2.09 bits per heavy atom. The van der Waals surface area contributed by atoms with Gasteiger partial charge in [0, 0.05) is 54.9 Å². The number of esters is 1. The largest absolute Gasteiger partial charge is 0.439 e. The van der Waals surface area contributed by atoms with Crippen molar-refractivity contribution in [2.75, 3.05) is 36.0 Å². The van der Waals surface area contributed by atoms with Crippen LogP contribution in [-0.2, 0) is 10.3 Å². The Bertz CT molecular complexity index is 1140. The number of hydrogen-bond donors (Lipinski definition) is 0. The minimum absolute atomic E-state index is 0.394. The number of aromatic nitrogens is 1. The number of nitrogens with zero attached hydrogens (tertiary/aromatic N) is 3. The van der Waals surface area contributed by atoms with E-state index in [2.05, 4.69) is 54.6 Å². The molecule has 0 fully saturated rings. The normalized spacial score (nSPS) is 16.9. The number of hydrogen-bond acceptors (Lipinski definition) is 5. The second-order valence-corrected chi connectivity index (χ2v) is 8.43. The fraction of sp³-hybridized carbons (Fsp3) is 0.333. The summed E-state index contributed by atoms with van der Waals surface area (Å²) in [5.41, 5.74) is 3.52. The Kier molecular flexibility index (Phi) is 6.61. The topological polar surface area (TPSA) is 45.7 Å². The molecule has 4 rings (SSSR count). The van der Waals surface area contributed by atoms with E-state index in [4.69, 9.17) is 16.3 Å². The SMILES string of the molecule is CCN(CC)c1ccc(C2(c3ccc(N(CC)CC)cc3Cl)OC(=O)c3cccnc32)cc1. The zero-order chi connectivity index (χ0) is 23.6. The van der Waals surface area contributed by atoms with Crippen LogP contribution in [0.3, 0.4) is 0 Å². The number of pyridine rings is 1. The molecule has 3 aromatic rings. The average molecular weight is 464 g/mol. The molecule has 6 heteroatoms. The van der Waals surface area contributed by atoms with Gasteiger partial charge in [-0.15, -0.1) is 0 Å². The van der Waals surface area contributed by atoms with Crippen molar-refractivity contribution < 1.29 is 9.53 Å². The summed E-state index contributed by atoms with van der Waals surface area (Å²) in [6.45, 7) is 12.1. The van der Waals surface area contributed by atoms with Crippen molar-refractivity contribution in [3.8, 4) is 0 Å². The number of anilines is 2. The maximum Gasteiger partial charge on any atom is 0.341 e. The Hall–Kier alpha value is -3.05. The van der Waals surface area contributed by atoms with E-state index in [1.165, 1.54) is 0 Å². The Morgan fingerprint density at radius 2 is 1.48 bits per heavy atom. The highest BCUT2D eigenvalue weighted by Crippen LogP contribution is 2.48. The van der Waals surface area contributed by atoms with E-state index in [9.17, 15) is 4.79 Å². The molecule has 0 N–H and O–H groups in total. The first-order valence-electron chi connectivity index (χ1n) is 11.6. The summed E-state index contributed by atoms with van der Waals surface area (Å²) in [6, 6.07) is 17.6. The van der Waals surface area contributed by atoms with Crippen LogP contribution in [0.25, 0.3) is 0 Å². The molecule has 1 unspecified atom stereocenters. The third-order valence-corrected chi connectivity index (χ3v) is 6.78. The van der Waals surface area contributed by atoms with Gasteiger partial charge in [0.05, 0.1) is 10.6 Å². The predicted molar refractivity (Wildman–Crippen MR) is 135 cm³/mol. The molecule has 0 bridgehead atoms. The van der Waals surface area contributed by atoms with E-state index in [-0.39, 0.29) is 0 Å². The summed E-state index contributed by atoms with van der Waals surface area (Å²) in [5.74, 6) is -0.394. The minimum atomic E-state index is -1.20. The number of carbonyl (C=O) groups is 1. The van der Waals surface area contributed by atoms with E-state index in [1.54, 1.807) is 18.3 Å². The average Bonchev–Trinajstić information content (AvgIpc) is 3.14. The number of halogens is 1. The highest BCUT2D eigenvalue weighted by Gasteiger charge is 2.51. The highest BCUT2D eigenvalue weighted by atomic mass is 35.5. The monoisotopic (exact) mass is 463 g/mol. The van der Waals surface area contributed by atoms with Crippen LogP contribution in [0.5, 0.6) is 0 Å². The standard InChI is InChI=1S/C27H30ClN3O2/c1-5-30(6-2)20-13-11-19(12-14-20)27(25-22(26(32)33-27)10-9-17-29-25)23-16-15-21(18-24(23)28)31(7-3)8-4/h9-18H,5-8H2,1-4H3. The van der Waals surface area contributed by atoms with Gasteiger partial charge in [0.15, 0.2) is 0 Å². The van der Waals surface area contributed by atoms with Crippen LogP contribution in [0, 0.1) is 0 Å². The lowest BCUT2D eigenvalue weighted by Gasteiger charge is -2.31. The summed E-state index contributed by atoms with van der Waals surface area (Å²) in [7, 11) is 0. The molecule has 0 saturated heterocycles. The first kappa shape index (κ1) is 23.1. The first-order chi connectivity index (χ1) is 16.0. The van der Waals surface area contributed by atoms with Crippen molar-refractivity contribution in [1.82, 2.24) is 4.98 Å². The molecule has 1 atom stereocenters. The van der Waals surface area contributed by atoms with Crippen LogP contribution in [0.15, 0.2) is 60.8 Å². The van der Waals surface area contributed by atoms with Gasteiger partial charge in [-0.3, -0.25) is 4.98 Å². The van der Waals surface area contributed by atoms with Gasteiger partial charge in [-0.05, 0) is 64.1 Å². The lowest BCUT2D eigenvalue weighted by atomic mass is 9.82. The third kappa shape index (κ3) is 3.84. The van der Waals surface area contributed by atoms with Crippen molar-refractivity contribution in [3.63, 3.8) is 0 Å². The molecule has 2 heterocycles. The van der Waals surface area contributed by atoms with Crippen molar-refractivity contribution in [3.05, 3.63) is 88.2 Å². The maximum absolute atomic E-state index is 13.0. The van der Waals surface area contributed by atoms with Gasteiger partial charge in [-0.25, -0.2) is 4.79 Å². The van der Waals surface area contributed by atoms with Gasteiger partial charge >= 0.3 is 5.97 Å². The number of fused-ring (bicyclic) bond motifs is 1. The minimum Gasteiger partial charge on any atom is -0.439 e. The molecule has 0 radical (unpaired) electrons. The number of cyclic esters (lactones) is 1. The van der Waals surface area contributed by atoms with Crippen molar-refractivity contribution in [2.45, 2.75) is 33.3 Å². The van der Waals surface area contributed by atoms with Gasteiger partial charge in [0.1, 0.15) is 5.69 Å². The fourth-order valence-corrected chi connectivity index (χ4v) is 5.01. The number of carbonyl (C=O) groups excluding carboxylic acids is 1. The zero-order valence-electron chi connectivity index (χ0n) is 19.6. The molecule has 1 aliphatic rings. The van der Waals surface area contributed by atoms with Gasteiger partial charge in [-0.1, -0.05) is 29.8 Å². The molecule has 2 aromatic carbocycles. The Balaban J connectivity index is 1.91. The van der Waals surface area contributed by atoms with Gasteiger partial charge in [0.2, 0.25) is 5.60 Å². The Morgan fingerprint density at radius 1 is 0.879 bits per heavy atom. The van der Waals surface area contributed by atoms with Gasteiger partial charge in [0.25, 0.3) is 0 Å². The highest BCUT2D eigenvalue weighted by molar-refractivity contribution is 6.32. The molecular weight excluding hydrogens is 434 g/mol. The molecule has 5 nitrogen and oxygen atoms in total. The molecular formula is C27H30ClN3O2. The van der Waals surface area contributed by atoms with E-state index >= 15 is 0 Å². The van der Waals surface area contributed by atoms with Crippen LogP contribution < -0.4 is 9.80 Å². The van der Waals surface area contributed by atoms with E-state index in [0.29, 0.717) is 21.8 Å². The quantitative estimate of drug-likeness (QED) is 0.390. The molecule has 33 heavy (non-hydrogen) atoms. The predicted octanol–water partition coefficient (Wildman–Crippen LogP) is 5.89. The fourth-order valence-electron chi connectivity index (χ4n) is 4.70. The number of rotatable bonds is 8. The van der Waals surface area contributed by atoms with Crippen LogP contribution in [0.2, 0.25) is 5.02 Å². The van der Waals surface area contributed by atoms with E-state index in [0.717, 1.165) is 43.1 Å². The summed E-state index contributed by atoms with van der Waals surface area (Å²) in [6.07, 6.45) is 1.69. The van der Waals surface area contributed by atoms with Gasteiger partial charge < -0.3 is 14.5 Å². The third-order valence-electron chi connectivity index (χ3n) is 6.47. The maximum atomic E-state index is 13.0. The van der Waals surface area contributed by atoms with Crippen LogP contribution in [-0.4, -0.2) is 37.1 Å². The smallest absolute Gasteiger partial charge is 0.341 e. The van der Waals surface area contributed by atoms with Crippen LogP contribution in [0.4, 0.5) is 11.4 Å². The lowest BCUT2D eigenvalue weighted by Crippen LogP contribution is -2.31. The van der Waals surface area contributed by atoms with Crippen molar-refractivity contribution >= 4 is 28.9 Å². The summed E-state index contributed by atoms with van der Waals surface area (Å²) >= 11 is 6.89. The molecule has 0 saturated carbocycles. The van der Waals surface area contributed by atoms with E-state index in [1.807, 2.05) is 30.3 Å². The summed E-state index contributed by atoms with van der Waals surface area (Å²) in [5, 5.41) is 0.540. The second kappa shape index (κ2) is 9.44. The first-order valence-corrected chi connectivity index (χ1v) is 12.0. The zero-order valence-corrected chi connectivity index (χ0v) is 20.4. The van der Waals surface area contributed by atoms with Crippen molar-refractivity contribution in [2.24, 2.45) is 0 Å². The molecule has 0 aliphatic carbocycles.